The average Bonchev–Trinajstić information content (AvgIpc) is 3.04. The number of amides is 1. The van der Waals surface area contributed by atoms with Crippen LogP contribution in [0, 0.1) is 23.2 Å². The first-order valence-corrected chi connectivity index (χ1v) is 11.0. The molecule has 0 aliphatic rings. The lowest BCUT2D eigenvalue weighted by molar-refractivity contribution is -0.116. The number of carbonyl (C=O) groups excluding carboxylic acids is 1. The van der Waals surface area contributed by atoms with Crippen LogP contribution in [0.2, 0.25) is 0 Å². The molecule has 2 aromatic heterocycles. The summed E-state index contributed by atoms with van der Waals surface area (Å²) >= 11 is 3.62. The van der Waals surface area contributed by atoms with Gasteiger partial charge in [0.05, 0.1) is 11.7 Å². The fourth-order valence-electron chi connectivity index (χ4n) is 3.33. The Labute approximate surface area is 189 Å². The summed E-state index contributed by atoms with van der Waals surface area (Å²) in [6, 6.07) is 11.7. The van der Waals surface area contributed by atoms with Gasteiger partial charge in [-0.2, -0.15) is 0 Å². The van der Waals surface area contributed by atoms with Gasteiger partial charge in [0.15, 0.2) is 0 Å². The van der Waals surface area contributed by atoms with Gasteiger partial charge in [-0.25, -0.2) is 9.37 Å². The normalized spacial score (nSPS) is 11.1. The maximum Gasteiger partial charge on any atom is 0.263 e. The summed E-state index contributed by atoms with van der Waals surface area (Å²) in [7, 11) is 0. The molecule has 0 aliphatic carbocycles. The molecule has 5 nitrogen and oxygen atoms in total. The highest BCUT2D eigenvalue weighted by Crippen LogP contribution is 2.35. The summed E-state index contributed by atoms with van der Waals surface area (Å²) in [5.74, 6) is -0.646. The Morgan fingerprint density at radius 1 is 1.20 bits per heavy atom. The Balaban J connectivity index is 1.69. The molecule has 0 atom stereocenters. The second-order valence-corrected chi connectivity index (χ2v) is 9.35. The summed E-state index contributed by atoms with van der Waals surface area (Å²) in [4.78, 5) is 31.6. The topological polar surface area (TPSA) is 64.0 Å². The number of aryl methyl sites for hydroxylation is 2. The zero-order valence-electron chi connectivity index (χ0n) is 16.2. The molecule has 152 valence electrons. The van der Waals surface area contributed by atoms with Crippen LogP contribution in [0.5, 0.6) is 0 Å². The first kappa shape index (κ1) is 20.7. The first-order chi connectivity index (χ1) is 14.3. The van der Waals surface area contributed by atoms with Crippen molar-refractivity contribution in [1.82, 2.24) is 9.55 Å². The molecule has 0 saturated carbocycles. The minimum absolute atomic E-state index is 0.148. The molecule has 1 amide bonds. The van der Waals surface area contributed by atoms with Crippen molar-refractivity contribution in [2.75, 3.05) is 5.32 Å². The quantitative estimate of drug-likeness (QED) is 0.371. The molecule has 4 aromatic rings. The molecule has 4 rings (SSSR count). The number of halogens is 2. The van der Waals surface area contributed by atoms with Crippen LogP contribution >= 0.6 is 33.9 Å². The van der Waals surface area contributed by atoms with Crippen molar-refractivity contribution >= 4 is 55.7 Å². The number of carbonyl (C=O) groups is 1. The number of benzene rings is 2. The molecular weight excluding hydrogens is 516 g/mol. The van der Waals surface area contributed by atoms with E-state index < -0.39 is 0 Å². The summed E-state index contributed by atoms with van der Waals surface area (Å²) in [5, 5.41) is 3.30. The van der Waals surface area contributed by atoms with Crippen molar-refractivity contribution in [2.24, 2.45) is 0 Å². The van der Waals surface area contributed by atoms with Crippen molar-refractivity contribution in [3.8, 4) is 11.1 Å². The molecular formula is C22H17FIN3O2S. The number of aromatic nitrogens is 2. The van der Waals surface area contributed by atoms with Crippen molar-refractivity contribution in [2.45, 2.75) is 20.4 Å². The smallest absolute Gasteiger partial charge is 0.263 e. The van der Waals surface area contributed by atoms with Crippen molar-refractivity contribution < 1.29 is 9.18 Å². The van der Waals surface area contributed by atoms with Gasteiger partial charge in [0.2, 0.25) is 5.91 Å². The lowest BCUT2D eigenvalue weighted by Crippen LogP contribution is -2.28. The third-order valence-corrected chi connectivity index (χ3v) is 6.45. The number of hydrogen-bond acceptors (Lipinski definition) is 4. The van der Waals surface area contributed by atoms with Crippen LogP contribution in [0.1, 0.15) is 10.4 Å². The molecule has 30 heavy (non-hydrogen) atoms. The molecule has 0 bridgehead atoms. The van der Waals surface area contributed by atoms with Gasteiger partial charge < -0.3 is 5.32 Å². The number of rotatable bonds is 4. The van der Waals surface area contributed by atoms with E-state index in [2.05, 4.69) is 32.9 Å². The first-order valence-electron chi connectivity index (χ1n) is 9.14. The molecule has 0 radical (unpaired) electrons. The maximum absolute atomic E-state index is 13.3. The van der Waals surface area contributed by atoms with E-state index in [0.29, 0.717) is 15.9 Å². The minimum Gasteiger partial charge on any atom is -0.324 e. The predicted octanol–water partition coefficient (Wildman–Crippen LogP) is 5.12. The highest BCUT2D eigenvalue weighted by Gasteiger charge is 2.18. The third kappa shape index (κ3) is 4.01. The predicted molar refractivity (Wildman–Crippen MR) is 127 cm³/mol. The fourth-order valence-corrected chi connectivity index (χ4v) is 4.98. The molecule has 0 unspecified atom stereocenters. The Morgan fingerprint density at radius 3 is 2.63 bits per heavy atom. The summed E-state index contributed by atoms with van der Waals surface area (Å²) in [5.41, 5.74) is 2.84. The molecule has 0 fully saturated rings. The molecule has 0 spiro atoms. The summed E-state index contributed by atoms with van der Waals surface area (Å²) in [6.45, 7) is 3.67. The van der Waals surface area contributed by atoms with E-state index in [-0.39, 0.29) is 23.8 Å². The fraction of sp³-hybridized carbons (Fsp3) is 0.136. The standard InChI is InChI=1S/C22H17FIN3O2S/c1-12-9-16(24)7-8-17(12)26-18(28)10-27-11-25-21-20(22(27)29)19(13(2)30-21)14-3-5-15(23)6-4-14/h3-9,11H,10H2,1-2H3,(H,26,28). The van der Waals surface area contributed by atoms with Crippen molar-refractivity contribution in [3.63, 3.8) is 0 Å². The third-order valence-electron chi connectivity index (χ3n) is 4.76. The van der Waals surface area contributed by atoms with Gasteiger partial charge in [-0.3, -0.25) is 14.2 Å². The highest BCUT2D eigenvalue weighted by molar-refractivity contribution is 14.1. The van der Waals surface area contributed by atoms with E-state index in [4.69, 9.17) is 0 Å². The van der Waals surface area contributed by atoms with E-state index in [0.717, 1.165) is 25.1 Å². The van der Waals surface area contributed by atoms with Crippen molar-refractivity contribution in [1.29, 1.82) is 0 Å². The van der Waals surface area contributed by atoms with Gasteiger partial charge in [0, 0.05) is 19.7 Å². The van der Waals surface area contributed by atoms with E-state index >= 15 is 0 Å². The van der Waals surface area contributed by atoms with E-state index in [1.54, 1.807) is 12.1 Å². The van der Waals surface area contributed by atoms with Crippen LogP contribution in [0.3, 0.4) is 0 Å². The highest BCUT2D eigenvalue weighted by atomic mass is 127. The summed E-state index contributed by atoms with van der Waals surface area (Å²) < 4.78 is 15.7. The van der Waals surface area contributed by atoms with Crippen LogP contribution in [0.15, 0.2) is 53.6 Å². The molecule has 2 heterocycles. The van der Waals surface area contributed by atoms with Crippen LogP contribution in [0.4, 0.5) is 10.1 Å². The van der Waals surface area contributed by atoms with Gasteiger partial charge >= 0.3 is 0 Å². The molecule has 0 saturated heterocycles. The van der Waals surface area contributed by atoms with Crippen LogP contribution in [0.25, 0.3) is 21.3 Å². The lowest BCUT2D eigenvalue weighted by atomic mass is 10.0. The van der Waals surface area contributed by atoms with E-state index in [1.165, 1.54) is 34.4 Å². The number of anilines is 1. The zero-order chi connectivity index (χ0) is 21.4. The largest absolute Gasteiger partial charge is 0.324 e. The molecule has 1 N–H and O–H groups in total. The molecule has 0 aliphatic heterocycles. The Morgan fingerprint density at radius 2 is 1.93 bits per heavy atom. The zero-order valence-corrected chi connectivity index (χ0v) is 19.2. The van der Waals surface area contributed by atoms with Gasteiger partial charge in [-0.15, -0.1) is 11.3 Å². The van der Waals surface area contributed by atoms with Gasteiger partial charge in [-0.05, 0) is 77.9 Å². The minimum atomic E-state index is -0.339. The molecule has 2 aromatic carbocycles. The van der Waals surface area contributed by atoms with Gasteiger partial charge in [0.25, 0.3) is 5.56 Å². The number of nitrogens with zero attached hydrogens (tertiary/aromatic N) is 2. The monoisotopic (exact) mass is 533 g/mol. The average molecular weight is 533 g/mol. The maximum atomic E-state index is 13.3. The summed E-state index contributed by atoms with van der Waals surface area (Å²) in [6.07, 6.45) is 1.40. The SMILES string of the molecule is Cc1cc(I)ccc1NC(=O)Cn1cnc2sc(C)c(-c3ccc(F)cc3)c2c1=O. The Hall–Kier alpha value is -2.59. The second kappa shape index (κ2) is 8.27. The number of hydrogen-bond donors (Lipinski definition) is 1. The van der Waals surface area contributed by atoms with E-state index in [1.807, 2.05) is 32.0 Å². The second-order valence-electron chi connectivity index (χ2n) is 6.91. The van der Waals surface area contributed by atoms with E-state index in [9.17, 15) is 14.0 Å². The van der Waals surface area contributed by atoms with Gasteiger partial charge in [0.1, 0.15) is 17.2 Å². The van der Waals surface area contributed by atoms with Crippen LogP contribution in [-0.4, -0.2) is 15.5 Å². The van der Waals surface area contributed by atoms with Crippen LogP contribution in [-0.2, 0) is 11.3 Å². The molecule has 8 heteroatoms. The number of nitrogens with one attached hydrogen (secondary N) is 1. The Bertz CT molecular complexity index is 1330. The van der Waals surface area contributed by atoms with Crippen molar-refractivity contribution in [3.05, 3.63) is 79.0 Å². The van der Waals surface area contributed by atoms with Crippen LogP contribution < -0.4 is 10.9 Å². The number of fused-ring (bicyclic) bond motifs is 1. The number of thiophene rings is 1. The van der Waals surface area contributed by atoms with Gasteiger partial charge in [-0.1, -0.05) is 12.1 Å². The Kier molecular flexibility index (Phi) is 5.70. The lowest BCUT2D eigenvalue weighted by Gasteiger charge is -2.10.